The number of benzene rings is 1. The third-order valence-electron chi connectivity index (χ3n) is 2.45. The molecule has 1 N–H and O–H groups in total. The van der Waals surface area contributed by atoms with Crippen molar-refractivity contribution >= 4 is 49.1 Å². The van der Waals surface area contributed by atoms with Crippen molar-refractivity contribution in [3.05, 3.63) is 28.2 Å². The van der Waals surface area contributed by atoms with Crippen LogP contribution in [0.2, 0.25) is 5.02 Å². The monoisotopic (exact) mass is 398 g/mol. The van der Waals surface area contributed by atoms with Gasteiger partial charge in [0.15, 0.2) is 0 Å². The van der Waals surface area contributed by atoms with Crippen LogP contribution in [0.1, 0.15) is 5.01 Å². The number of nitrogens with zero attached hydrogens (tertiary/aromatic N) is 1. The fourth-order valence-electron chi connectivity index (χ4n) is 1.75. The number of carbonyl (C=O) groups excluding carboxylic acids is 1. The number of aryl methyl sites for hydroxylation is 1. The molecule has 1 aromatic carbocycles. The average Bonchev–Trinajstić information content (AvgIpc) is 2.53. The van der Waals surface area contributed by atoms with E-state index in [1.54, 1.807) is 16.7 Å². The van der Waals surface area contributed by atoms with Crippen LogP contribution in [0.5, 0.6) is 0 Å². The van der Waals surface area contributed by atoms with Gasteiger partial charge in [0, 0.05) is 18.0 Å². The van der Waals surface area contributed by atoms with Crippen molar-refractivity contribution in [3.63, 3.8) is 0 Å². The van der Waals surface area contributed by atoms with E-state index in [4.69, 9.17) is 11.6 Å². The summed E-state index contributed by atoms with van der Waals surface area (Å²) in [7, 11) is -3.54. The first-order valence-electron chi connectivity index (χ1n) is 5.35. The van der Waals surface area contributed by atoms with Crippen molar-refractivity contribution in [2.45, 2.75) is 13.5 Å². The van der Waals surface area contributed by atoms with Crippen LogP contribution in [0.4, 0.5) is 0 Å². The maximum Gasteiger partial charge on any atom is 0.299 e. The number of nitrogens with one attached hydrogen (secondary N) is 1. The summed E-state index contributed by atoms with van der Waals surface area (Å²) in [6, 6.07) is 5.41. The molecule has 0 aliphatic rings. The minimum Gasteiger partial charge on any atom is -1.00 e. The Bertz CT molecular complexity index is 758. The summed E-state index contributed by atoms with van der Waals surface area (Å²) >= 11 is 7.46. The van der Waals surface area contributed by atoms with E-state index in [1.807, 2.05) is 17.7 Å². The standard InChI is InChI=1S/C11H11ClN2O3S2.BrH/c1-7-14(6-11(15)13-19(2,16)17)9-5-8(12)3-4-10(9)18-7;/h3-5H,6H2,1-2H3;1H. The molecule has 1 amide bonds. The quantitative estimate of drug-likeness (QED) is 0.621. The zero-order valence-corrected chi connectivity index (χ0v) is 14.7. The second kappa shape index (κ2) is 6.38. The van der Waals surface area contributed by atoms with Crippen LogP contribution >= 0.6 is 22.9 Å². The summed E-state index contributed by atoms with van der Waals surface area (Å²) in [5.74, 6) is -0.574. The molecule has 110 valence electrons. The molecule has 0 spiro atoms. The maximum absolute atomic E-state index is 11.7. The Kier molecular flexibility index (Phi) is 5.54. The van der Waals surface area contributed by atoms with E-state index in [1.165, 1.54) is 11.3 Å². The van der Waals surface area contributed by atoms with Crippen molar-refractivity contribution in [1.82, 2.24) is 4.72 Å². The number of aromatic nitrogens is 1. The lowest BCUT2D eigenvalue weighted by Crippen LogP contribution is -3.00. The molecule has 0 saturated heterocycles. The highest BCUT2D eigenvalue weighted by atomic mass is 79.9. The summed E-state index contributed by atoms with van der Waals surface area (Å²) < 4.78 is 26.7. The van der Waals surface area contributed by atoms with Gasteiger partial charge in [-0.3, -0.25) is 4.79 Å². The van der Waals surface area contributed by atoms with Gasteiger partial charge in [0.1, 0.15) is 4.70 Å². The van der Waals surface area contributed by atoms with Crippen LogP contribution in [0, 0.1) is 6.92 Å². The molecule has 1 heterocycles. The molecule has 0 bridgehead atoms. The van der Waals surface area contributed by atoms with Crippen LogP contribution in [-0.4, -0.2) is 20.6 Å². The Morgan fingerprint density at radius 1 is 1.45 bits per heavy atom. The van der Waals surface area contributed by atoms with E-state index in [9.17, 15) is 13.2 Å². The minimum absolute atomic E-state index is 0. The van der Waals surface area contributed by atoms with E-state index in [0.717, 1.165) is 21.5 Å². The van der Waals surface area contributed by atoms with Crippen molar-refractivity contribution in [1.29, 1.82) is 0 Å². The zero-order chi connectivity index (χ0) is 14.2. The van der Waals surface area contributed by atoms with Gasteiger partial charge in [-0.2, -0.15) is 4.57 Å². The number of fused-ring (bicyclic) bond motifs is 1. The van der Waals surface area contributed by atoms with Gasteiger partial charge < -0.3 is 17.0 Å². The molecule has 1 aromatic heterocycles. The van der Waals surface area contributed by atoms with Gasteiger partial charge >= 0.3 is 0 Å². The molecule has 0 fully saturated rings. The first-order valence-corrected chi connectivity index (χ1v) is 8.44. The van der Waals surface area contributed by atoms with Crippen molar-refractivity contribution in [3.8, 4) is 0 Å². The lowest BCUT2D eigenvalue weighted by atomic mass is 10.3. The fraction of sp³-hybridized carbons (Fsp3) is 0.273. The fourth-order valence-corrected chi connectivity index (χ4v) is 3.40. The van der Waals surface area contributed by atoms with Crippen LogP contribution in [0.3, 0.4) is 0 Å². The molecule has 0 saturated carbocycles. The lowest BCUT2D eigenvalue weighted by molar-refractivity contribution is -0.660. The zero-order valence-electron chi connectivity index (χ0n) is 10.7. The van der Waals surface area contributed by atoms with Crippen molar-refractivity contribution < 1.29 is 34.8 Å². The summed E-state index contributed by atoms with van der Waals surface area (Å²) in [4.78, 5) is 11.7. The number of hydrogen-bond acceptors (Lipinski definition) is 4. The number of amides is 1. The first-order chi connectivity index (χ1) is 8.76. The van der Waals surface area contributed by atoms with Gasteiger partial charge in [-0.25, -0.2) is 13.1 Å². The summed E-state index contributed by atoms with van der Waals surface area (Å²) in [5, 5.41) is 1.48. The maximum atomic E-state index is 11.7. The molecule has 0 aliphatic heterocycles. The molecule has 0 unspecified atom stereocenters. The molecule has 0 atom stereocenters. The Balaban J connectivity index is 0.00000200. The molecule has 2 rings (SSSR count). The van der Waals surface area contributed by atoms with E-state index in [-0.39, 0.29) is 23.5 Å². The van der Waals surface area contributed by atoms with Crippen molar-refractivity contribution in [2.24, 2.45) is 0 Å². The van der Waals surface area contributed by atoms with Gasteiger partial charge in [-0.1, -0.05) is 22.9 Å². The predicted molar refractivity (Wildman–Crippen MR) is 74.8 cm³/mol. The molecule has 0 radical (unpaired) electrons. The third-order valence-corrected chi connectivity index (χ3v) is 4.36. The number of rotatable bonds is 3. The van der Waals surface area contributed by atoms with Gasteiger partial charge in [0.2, 0.25) is 27.1 Å². The number of carbonyl (C=O) groups is 1. The Morgan fingerprint density at radius 3 is 2.70 bits per heavy atom. The minimum atomic E-state index is -3.54. The molecule has 20 heavy (non-hydrogen) atoms. The highest BCUT2D eigenvalue weighted by molar-refractivity contribution is 7.89. The van der Waals surface area contributed by atoms with E-state index in [0.29, 0.717) is 5.02 Å². The molecular formula is C11H12BrClN2O3S2. The SMILES string of the molecule is Cc1sc2ccc(Cl)cc2[n+]1CC(=O)NS(C)(=O)=O.[Br-]. The summed E-state index contributed by atoms with van der Waals surface area (Å²) in [5.41, 5.74) is 0.818. The van der Waals surface area contributed by atoms with Gasteiger partial charge in [-0.05, 0) is 12.1 Å². The van der Waals surface area contributed by atoms with Gasteiger partial charge in [0.25, 0.3) is 5.91 Å². The Morgan fingerprint density at radius 2 is 2.10 bits per heavy atom. The molecule has 2 aromatic rings. The van der Waals surface area contributed by atoms with E-state index in [2.05, 4.69) is 0 Å². The van der Waals surface area contributed by atoms with Gasteiger partial charge in [-0.15, -0.1) is 0 Å². The van der Waals surface area contributed by atoms with E-state index < -0.39 is 15.9 Å². The Labute approximate surface area is 136 Å². The first kappa shape index (κ1) is 17.4. The number of sulfonamides is 1. The number of hydrogen-bond donors (Lipinski definition) is 1. The van der Waals surface area contributed by atoms with Crippen LogP contribution in [0.15, 0.2) is 18.2 Å². The molecular weight excluding hydrogens is 388 g/mol. The second-order valence-corrected chi connectivity index (χ2v) is 7.54. The number of thiazole rings is 1. The largest absolute Gasteiger partial charge is 1.00 e. The Hall–Kier alpha value is -0.700. The van der Waals surface area contributed by atoms with Gasteiger partial charge in [0.05, 0.1) is 6.26 Å². The summed E-state index contributed by atoms with van der Waals surface area (Å²) in [6.07, 6.45) is 0.949. The smallest absolute Gasteiger partial charge is 0.299 e. The van der Waals surface area contributed by atoms with Crippen LogP contribution in [-0.2, 0) is 21.4 Å². The topological polar surface area (TPSA) is 67.1 Å². The summed E-state index contributed by atoms with van der Waals surface area (Å²) in [6.45, 7) is 1.81. The van der Waals surface area contributed by atoms with Crippen LogP contribution < -0.4 is 26.3 Å². The predicted octanol–water partition coefficient (Wildman–Crippen LogP) is -1.77. The lowest BCUT2D eigenvalue weighted by Gasteiger charge is -1.99. The molecule has 9 heteroatoms. The number of halogens is 2. The highest BCUT2D eigenvalue weighted by Gasteiger charge is 2.22. The second-order valence-electron chi connectivity index (χ2n) is 4.12. The normalized spacial score (nSPS) is 11.2. The van der Waals surface area contributed by atoms with E-state index >= 15 is 0 Å². The average molecular weight is 400 g/mol. The van der Waals surface area contributed by atoms with Crippen molar-refractivity contribution in [2.75, 3.05) is 6.26 Å². The van der Waals surface area contributed by atoms with Crippen LogP contribution in [0.25, 0.3) is 10.2 Å². The third kappa shape index (κ3) is 4.15. The highest BCUT2D eigenvalue weighted by Crippen LogP contribution is 2.23. The molecule has 0 aliphatic carbocycles. The molecule has 5 nitrogen and oxygen atoms in total.